The quantitative estimate of drug-likeness (QED) is 0.154. The zero-order valence-corrected chi connectivity index (χ0v) is 27.2. The average Bonchev–Trinajstić information content (AvgIpc) is 2.90. The maximum absolute atomic E-state index is 13.9. The van der Waals surface area contributed by atoms with Gasteiger partial charge in [-0.25, -0.2) is 0 Å². The molecule has 0 bridgehead atoms. The standard InChI is InChI=1S/C33H38N2O5SSi/c1-31(2,3)16-17-33(40-42(6)7,39-30(41)37-25-11-9-8-10-12-25)24-15-18-35(29(36)20-24)27-21-32(4,5)38-28-14-13-23(22-34)19-26(27)28/h8-15,18-21,42H,16-17H2,1-7H3. The predicted molar refractivity (Wildman–Crippen MR) is 171 cm³/mol. The molecule has 0 spiro atoms. The minimum absolute atomic E-state index is 0.0337. The summed E-state index contributed by atoms with van der Waals surface area (Å²) in [6.45, 7) is 14.4. The van der Waals surface area contributed by atoms with Crippen LogP contribution in [0.2, 0.25) is 13.1 Å². The van der Waals surface area contributed by atoms with Crippen molar-refractivity contribution in [3.8, 4) is 17.6 Å². The molecule has 4 rings (SSSR count). The van der Waals surface area contributed by atoms with Crippen LogP contribution >= 0.6 is 12.2 Å². The maximum atomic E-state index is 13.9. The molecule has 0 radical (unpaired) electrons. The van der Waals surface area contributed by atoms with Crippen LogP contribution < -0.4 is 15.0 Å². The number of fused-ring (bicyclic) bond motifs is 1. The molecule has 1 aromatic heterocycles. The van der Waals surface area contributed by atoms with Crippen molar-refractivity contribution in [1.29, 1.82) is 5.26 Å². The van der Waals surface area contributed by atoms with Gasteiger partial charge in [-0.1, -0.05) is 39.0 Å². The van der Waals surface area contributed by atoms with Gasteiger partial charge in [0.15, 0.2) is 9.04 Å². The zero-order chi connectivity index (χ0) is 30.7. The fraction of sp³-hybridized carbons (Fsp3) is 0.364. The smallest absolute Gasteiger partial charge is 0.360 e. The van der Waals surface area contributed by atoms with Crippen LogP contribution in [0, 0.1) is 16.7 Å². The second-order valence-electron chi connectivity index (χ2n) is 12.4. The van der Waals surface area contributed by atoms with Crippen LogP contribution in [-0.2, 0) is 14.9 Å². The van der Waals surface area contributed by atoms with Crippen LogP contribution in [0.1, 0.15) is 64.2 Å². The molecule has 0 fully saturated rings. The molecule has 9 heteroatoms. The van der Waals surface area contributed by atoms with Crippen LogP contribution in [0.3, 0.4) is 0 Å². The van der Waals surface area contributed by atoms with Crippen LogP contribution in [0.5, 0.6) is 11.5 Å². The third kappa shape index (κ3) is 7.56. The lowest BCUT2D eigenvalue weighted by molar-refractivity contribution is -0.152. The van der Waals surface area contributed by atoms with Gasteiger partial charge in [-0.3, -0.25) is 9.36 Å². The summed E-state index contributed by atoms with van der Waals surface area (Å²) in [5.74, 6) is -0.158. The van der Waals surface area contributed by atoms with Crippen molar-refractivity contribution in [2.45, 2.75) is 71.9 Å². The number of nitriles is 1. The van der Waals surface area contributed by atoms with E-state index in [0.717, 1.165) is 6.42 Å². The summed E-state index contributed by atoms with van der Waals surface area (Å²) in [6.07, 6.45) is 4.81. The van der Waals surface area contributed by atoms with E-state index in [1.165, 1.54) is 0 Å². The van der Waals surface area contributed by atoms with Crippen LogP contribution in [-0.4, -0.2) is 24.4 Å². The van der Waals surface area contributed by atoms with E-state index in [4.69, 9.17) is 30.9 Å². The molecular weight excluding hydrogens is 565 g/mol. The van der Waals surface area contributed by atoms with Crippen molar-refractivity contribution in [3.63, 3.8) is 0 Å². The van der Waals surface area contributed by atoms with Crippen molar-refractivity contribution in [2.24, 2.45) is 5.41 Å². The Labute approximate surface area is 255 Å². The molecule has 0 amide bonds. The van der Waals surface area contributed by atoms with E-state index < -0.39 is 20.4 Å². The van der Waals surface area contributed by atoms with Crippen molar-refractivity contribution < 1.29 is 18.6 Å². The first kappa shape index (κ1) is 31.2. The van der Waals surface area contributed by atoms with Gasteiger partial charge in [0.25, 0.3) is 5.56 Å². The molecular formula is C33H38N2O5SSi. The lowest BCUT2D eigenvalue weighted by Gasteiger charge is -2.38. The van der Waals surface area contributed by atoms with E-state index >= 15 is 0 Å². The Hall–Kier alpha value is -3.71. The van der Waals surface area contributed by atoms with E-state index in [-0.39, 0.29) is 16.2 Å². The largest absolute Gasteiger partial charge is 0.483 e. The fourth-order valence-corrected chi connectivity index (χ4v) is 6.08. The summed E-state index contributed by atoms with van der Waals surface area (Å²) in [5, 5.41) is 9.42. The molecule has 7 nitrogen and oxygen atoms in total. The fourth-order valence-electron chi connectivity index (χ4n) is 4.79. The van der Waals surface area contributed by atoms with Gasteiger partial charge >= 0.3 is 5.24 Å². The maximum Gasteiger partial charge on any atom is 0.360 e. The Balaban J connectivity index is 1.80. The first-order chi connectivity index (χ1) is 19.7. The molecule has 0 N–H and O–H groups in total. The Kier molecular flexibility index (Phi) is 9.11. The third-order valence-electron chi connectivity index (χ3n) is 6.68. The summed E-state index contributed by atoms with van der Waals surface area (Å²) < 4.78 is 26.6. The zero-order valence-electron chi connectivity index (χ0n) is 25.3. The second-order valence-corrected chi connectivity index (χ2v) is 15.1. The SMILES string of the molecule is C[SiH](C)OC(CCC(C)(C)C)(OC(=S)Oc1ccccc1)c1ccn(C2=CC(C)(C)Oc3ccc(C#N)cc32)c(=O)c1. The average molecular weight is 603 g/mol. The van der Waals surface area contributed by atoms with E-state index in [9.17, 15) is 10.1 Å². The molecule has 0 saturated carbocycles. The van der Waals surface area contributed by atoms with Crippen LogP contribution in [0.25, 0.3) is 5.70 Å². The van der Waals surface area contributed by atoms with Crippen LogP contribution in [0.15, 0.2) is 77.7 Å². The highest BCUT2D eigenvalue weighted by molar-refractivity contribution is 7.79. The van der Waals surface area contributed by atoms with Crippen molar-refractivity contribution in [3.05, 3.63) is 100.0 Å². The number of thiocarbonyl (C=S) groups is 1. The number of hydrogen-bond donors (Lipinski definition) is 0. The third-order valence-corrected chi connectivity index (χ3v) is 7.70. The normalized spacial score (nSPS) is 15.5. The van der Waals surface area contributed by atoms with E-state index in [2.05, 4.69) is 39.9 Å². The Morgan fingerprint density at radius 3 is 2.40 bits per heavy atom. The molecule has 0 aliphatic carbocycles. The number of hydrogen-bond acceptors (Lipinski definition) is 7. The monoisotopic (exact) mass is 602 g/mol. The van der Waals surface area contributed by atoms with E-state index in [0.29, 0.717) is 40.3 Å². The number of rotatable bonds is 8. The number of nitrogens with zero attached hydrogens (tertiary/aromatic N) is 2. The molecule has 42 heavy (non-hydrogen) atoms. The summed E-state index contributed by atoms with van der Waals surface area (Å²) in [4.78, 5) is 13.9. The molecule has 3 aromatic rings. The second kappa shape index (κ2) is 12.3. The molecule has 1 aliphatic rings. The molecule has 2 aromatic carbocycles. The van der Waals surface area contributed by atoms with Crippen molar-refractivity contribution in [2.75, 3.05) is 0 Å². The summed E-state index contributed by atoms with van der Waals surface area (Å²) in [7, 11) is -1.73. The Morgan fingerprint density at radius 1 is 1.07 bits per heavy atom. The van der Waals surface area contributed by atoms with Gasteiger partial charge in [0, 0.05) is 42.0 Å². The highest BCUT2D eigenvalue weighted by Crippen LogP contribution is 2.39. The van der Waals surface area contributed by atoms with Crippen molar-refractivity contribution in [1.82, 2.24) is 4.57 Å². The summed E-state index contributed by atoms with van der Waals surface area (Å²) >= 11 is 5.56. The number of ether oxygens (including phenoxy) is 3. The summed E-state index contributed by atoms with van der Waals surface area (Å²) in [5.41, 5.74) is 1.36. The summed E-state index contributed by atoms with van der Waals surface area (Å²) in [6, 6.07) is 19.9. The highest BCUT2D eigenvalue weighted by atomic mass is 32.1. The van der Waals surface area contributed by atoms with Gasteiger partial charge in [0.2, 0.25) is 5.79 Å². The van der Waals surface area contributed by atoms with Crippen molar-refractivity contribution >= 4 is 32.2 Å². The molecule has 1 aliphatic heterocycles. The minimum atomic E-state index is -1.73. The number of benzene rings is 2. The minimum Gasteiger partial charge on any atom is -0.483 e. The van der Waals surface area contributed by atoms with Crippen LogP contribution in [0.4, 0.5) is 0 Å². The lowest BCUT2D eigenvalue weighted by Crippen LogP contribution is -2.41. The Bertz CT molecular complexity index is 1580. The molecule has 0 saturated heterocycles. The molecule has 2 heterocycles. The van der Waals surface area contributed by atoms with Gasteiger partial charge in [0.05, 0.1) is 17.3 Å². The topological polar surface area (TPSA) is 82.7 Å². The lowest BCUT2D eigenvalue weighted by atomic mass is 9.86. The number of aromatic nitrogens is 1. The van der Waals surface area contributed by atoms with Gasteiger partial charge < -0.3 is 18.6 Å². The predicted octanol–water partition coefficient (Wildman–Crippen LogP) is 7.14. The van der Waals surface area contributed by atoms with Gasteiger partial charge in [-0.2, -0.15) is 5.26 Å². The van der Waals surface area contributed by atoms with E-state index in [1.54, 1.807) is 47.2 Å². The first-order valence-corrected chi connectivity index (χ1v) is 17.2. The molecule has 1 atom stereocenters. The molecule has 220 valence electrons. The number of para-hydroxylation sites is 1. The number of pyridine rings is 1. The van der Waals surface area contributed by atoms with Gasteiger partial charge in [-0.05, 0) is 81.3 Å². The van der Waals surface area contributed by atoms with Gasteiger partial charge in [0.1, 0.15) is 17.1 Å². The van der Waals surface area contributed by atoms with E-state index in [1.807, 2.05) is 44.2 Å². The molecule has 1 unspecified atom stereocenters. The Morgan fingerprint density at radius 2 is 1.79 bits per heavy atom. The van der Waals surface area contributed by atoms with Gasteiger partial charge in [-0.15, -0.1) is 0 Å². The highest BCUT2D eigenvalue weighted by Gasteiger charge is 2.40. The first-order valence-electron chi connectivity index (χ1n) is 14.0.